The Morgan fingerprint density at radius 2 is 1.93 bits per heavy atom. The van der Waals surface area contributed by atoms with Crippen molar-refractivity contribution in [1.29, 1.82) is 0 Å². The quantitative estimate of drug-likeness (QED) is 0.159. The number of aliphatic hydroxyl groups excluding tert-OH is 1. The Morgan fingerprint density at radius 3 is 2.46 bits per heavy atom. The van der Waals surface area contributed by atoms with Gasteiger partial charge in [0.05, 0.1) is 11.0 Å². The zero-order valence-electron chi connectivity index (χ0n) is 17.6. The molecule has 2 unspecified atom stereocenters. The Hall–Kier alpha value is -0.414. The van der Waals surface area contributed by atoms with Crippen molar-refractivity contribution in [2.24, 2.45) is 5.73 Å². The van der Waals surface area contributed by atoms with Gasteiger partial charge in [-0.25, -0.2) is 0 Å². The highest BCUT2D eigenvalue weighted by atomic mass is 79.9. The maximum Gasteiger partial charge on any atom is 0.468 e. The summed E-state index contributed by atoms with van der Waals surface area (Å²) >= 11 is 3.70. The van der Waals surface area contributed by atoms with Gasteiger partial charge in [-0.15, -0.1) is 4.55 Å². The van der Waals surface area contributed by atoms with E-state index < -0.39 is 6.10 Å². The monoisotopic (exact) mass is 469 g/mol. The SMILES string of the molecule is CCCCC(O)C(N)CCCNc1cc(C)ccc1[N+](=O)[O-].CCC[CH2][Mg][Br]. The molecular weight excluding hydrogens is 434 g/mol. The van der Waals surface area contributed by atoms with Crippen LogP contribution in [0.2, 0.25) is 4.55 Å². The summed E-state index contributed by atoms with van der Waals surface area (Å²) in [5.74, 6) is 0. The number of halogens is 1. The summed E-state index contributed by atoms with van der Waals surface area (Å²) in [6.07, 6.45) is 6.52. The second kappa shape index (κ2) is 17.4. The number of hydrogen-bond acceptors (Lipinski definition) is 5. The Bertz CT molecular complexity index is 545. The second-order valence-corrected chi connectivity index (χ2v) is 10.6. The van der Waals surface area contributed by atoms with E-state index in [2.05, 4.69) is 32.0 Å². The van der Waals surface area contributed by atoms with Gasteiger partial charge < -0.3 is 29.0 Å². The van der Waals surface area contributed by atoms with Crippen molar-refractivity contribution in [2.75, 3.05) is 11.9 Å². The van der Waals surface area contributed by atoms with Gasteiger partial charge in [0.1, 0.15) is 5.69 Å². The van der Waals surface area contributed by atoms with Gasteiger partial charge in [-0.2, -0.15) is 0 Å². The maximum absolute atomic E-state index is 11.0. The van der Waals surface area contributed by atoms with Crippen LogP contribution in [0.15, 0.2) is 18.2 Å². The van der Waals surface area contributed by atoms with Crippen molar-refractivity contribution < 1.29 is 10.0 Å². The molecule has 1 aromatic carbocycles. The van der Waals surface area contributed by atoms with Crippen molar-refractivity contribution in [2.45, 2.75) is 82.4 Å². The van der Waals surface area contributed by atoms with Crippen LogP contribution in [0, 0.1) is 17.0 Å². The van der Waals surface area contributed by atoms with Crippen LogP contribution in [-0.4, -0.2) is 46.9 Å². The van der Waals surface area contributed by atoms with Crippen LogP contribution in [0.3, 0.4) is 0 Å². The van der Waals surface area contributed by atoms with E-state index in [9.17, 15) is 15.2 Å². The normalized spacial score (nSPS) is 12.4. The molecule has 0 amide bonds. The molecule has 0 fully saturated rings. The first kappa shape index (κ1) is 27.6. The van der Waals surface area contributed by atoms with E-state index in [0.29, 0.717) is 18.7 Å². The summed E-state index contributed by atoms with van der Waals surface area (Å²) in [5, 5.41) is 24.0. The fraction of sp³-hybridized carbons (Fsp3) is 0.700. The average molecular weight is 471 g/mol. The molecule has 158 valence electrons. The molecule has 6 nitrogen and oxygen atoms in total. The molecule has 1 rings (SSSR count). The van der Waals surface area contributed by atoms with Crippen LogP contribution in [0.5, 0.6) is 0 Å². The number of anilines is 1. The summed E-state index contributed by atoms with van der Waals surface area (Å²) in [7, 11) is 0. The lowest BCUT2D eigenvalue weighted by Crippen LogP contribution is -2.34. The number of unbranched alkanes of at least 4 members (excludes halogenated alkanes) is 2. The molecule has 1 aromatic rings. The van der Waals surface area contributed by atoms with Crippen molar-refractivity contribution in [3.8, 4) is 0 Å². The van der Waals surface area contributed by atoms with Crippen LogP contribution in [-0.2, 0) is 0 Å². The summed E-state index contributed by atoms with van der Waals surface area (Å²) in [5.41, 5.74) is 7.54. The van der Waals surface area contributed by atoms with Gasteiger partial charge in [-0.1, -0.05) is 45.6 Å². The van der Waals surface area contributed by atoms with E-state index in [1.54, 1.807) is 12.1 Å². The lowest BCUT2D eigenvalue weighted by Gasteiger charge is -2.18. The lowest BCUT2D eigenvalue weighted by atomic mass is 10.0. The zero-order chi connectivity index (χ0) is 21.4. The smallest absolute Gasteiger partial charge is 0.392 e. The maximum atomic E-state index is 11.0. The van der Waals surface area contributed by atoms with E-state index >= 15 is 0 Å². The molecule has 0 aliphatic heterocycles. The van der Waals surface area contributed by atoms with Gasteiger partial charge >= 0.3 is 18.2 Å². The van der Waals surface area contributed by atoms with Crippen LogP contribution in [0.1, 0.15) is 64.4 Å². The van der Waals surface area contributed by atoms with E-state index in [4.69, 9.17) is 5.73 Å². The molecule has 0 aliphatic rings. The zero-order valence-corrected chi connectivity index (χ0v) is 20.6. The van der Waals surface area contributed by atoms with Crippen molar-refractivity contribution >= 4 is 42.5 Å². The number of benzene rings is 1. The Kier molecular flexibility index (Phi) is 17.2. The number of nitrogens with one attached hydrogen (secondary N) is 1. The first-order valence-electron chi connectivity index (χ1n) is 10.4. The number of nitrogens with two attached hydrogens (primary N) is 1. The van der Waals surface area contributed by atoms with E-state index in [1.807, 2.05) is 6.92 Å². The molecular formula is C20H36BrMgN3O3. The molecule has 0 heterocycles. The summed E-state index contributed by atoms with van der Waals surface area (Å²) in [4.78, 5) is 10.6. The summed E-state index contributed by atoms with van der Waals surface area (Å²) in [6.45, 7) is 6.81. The highest BCUT2D eigenvalue weighted by molar-refractivity contribution is 9.23. The summed E-state index contributed by atoms with van der Waals surface area (Å²) in [6, 6.07) is 4.77. The van der Waals surface area contributed by atoms with Crippen molar-refractivity contribution in [1.82, 2.24) is 0 Å². The van der Waals surface area contributed by atoms with E-state index in [-0.39, 0.29) is 34.8 Å². The lowest BCUT2D eigenvalue weighted by molar-refractivity contribution is -0.384. The highest BCUT2D eigenvalue weighted by Gasteiger charge is 2.15. The van der Waals surface area contributed by atoms with Crippen molar-refractivity contribution in [3.63, 3.8) is 0 Å². The molecule has 0 saturated carbocycles. The average Bonchev–Trinajstić information content (AvgIpc) is 2.67. The van der Waals surface area contributed by atoms with Crippen LogP contribution in [0.4, 0.5) is 11.4 Å². The second-order valence-electron chi connectivity index (χ2n) is 7.12. The molecule has 2 atom stereocenters. The summed E-state index contributed by atoms with van der Waals surface area (Å²) < 4.78 is 1.47. The number of aryl methyl sites for hydroxylation is 1. The van der Waals surface area contributed by atoms with E-state index in [1.165, 1.54) is 23.5 Å². The van der Waals surface area contributed by atoms with Gasteiger partial charge in [0.15, 0.2) is 0 Å². The Balaban J connectivity index is 0.00000105. The van der Waals surface area contributed by atoms with Gasteiger partial charge in [0.25, 0.3) is 5.69 Å². The minimum atomic E-state index is -0.465. The van der Waals surface area contributed by atoms with Gasteiger partial charge in [0, 0.05) is 18.7 Å². The number of nitrogens with zero attached hydrogens (tertiary/aromatic N) is 1. The highest BCUT2D eigenvalue weighted by Crippen LogP contribution is 2.25. The molecule has 0 aromatic heterocycles. The first-order valence-corrected chi connectivity index (χ1v) is 15.3. The molecule has 0 radical (unpaired) electrons. The predicted molar refractivity (Wildman–Crippen MR) is 123 cm³/mol. The number of aliphatic hydroxyl groups is 1. The molecule has 0 saturated heterocycles. The van der Waals surface area contributed by atoms with Gasteiger partial charge in [0.2, 0.25) is 0 Å². The fourth-order valence-corrected chi connectivity index (χ4v) is 4.55. The van der Waals surface area contributed by atoms with Gasteiger partial charge in [-0.3, -0.25) is 10.1 Å². The number of nitro benzene ring substituents is 1. The predicted octanol–water partition coefficient (Wildman–Crippen LogP) is 5.19. The molecule has 28 heavy (non-hydrogen) atoms. The molecule has 0 bridgehead atoms. The topological polar surface area (TPSA) is 101 Å². The Labute approximate surface area is 185 Å². The molecule has 4 N–H and O–H groups in total. The van der Waals surface area contributed by atoms with Gasteiger partial charge in [-0.05, 0) is 37.8 Å². The number of nitro groups is 1. The standard InChI is InChI=1S/C16H27N3O3.C4H9.BrH.Mg/c1-3-4-7-16(20)13(17)6-5-10-18-14-11-12(2)8-9-15(14)19(21)22;1-3-4-2;;/h8-9,11,13,16,18,20H,3-7,10,17H2,1-2H3;1,3-4H2,2H3;1H;/q;;;+1/p-1. The third kappa shape index (κ3) is 12.9. The number of rotatable bonds is 13. The van der Waals surface area contributed by atoms with Crippen molar-refractivity contribution in [3.05, 3.63) is 33.9 Å². The minimum Gasteiger partial charge on any atom is -0.392 e. The molecule has 8 heteroatoms. The molecule has 0 aliphatic carbocycles. The third-order valence-electron chi connectivity index (χ3n) is 4.46. The number of hydrogen-bond donors (Lipinski definition) is 3. The molecule has 0 spiro atoms. The Morgan fingerprint density at radius 1 is 1.25 bits per heavy atom. The largest absolute Gasteiger partial charge is 0.468 e. The van der Waals surface area contributed by atoms with Crippen LogP contribution in [0.25, 0.3) is 0 Å². The minimum absolute atomic E-state index is 0.0814. The third-order valence-corrected chi connectivity index (χ3v) is 6.91. The first-order chi connectivity index (χ1) is 13.4. The van der Waals surface area contributed by atoms with Crippen LogP contribution >= 0.6 is 12.9 Å². The van der Waals surface area contributed by atoms with E-state index in [0.717, 1.165) is 31.2 Å². The fourth-order valence-electron chi connectivity index (χ4n) is 2.68. The van der Waals surface area contributed by atoms with Crippen LogP contribution < -0.4 is 11.1 Å².